The van der Waals surface area contributed by atoms with Gasteiger partial charge in [-0.25, -0.2) is 4.79 Å². The molecule has 1 rings (SSSR count). The van der Waals surface area contributed by atoms with Crippen molar-refractivity contribution in [2.24, 2.45) is 0 Å². The van der Waals surface area contributed by atoms with Crippen LogP contribution in [0.5, 0.6) is 0 Å². The van der Waals surface area contributed by atoms with Crippen molar-refractivity contribution in [1.29, 1.82) is 0 Å². The van der Waals surface area contributed by atoms with Crippen molar-refractivity contribution in [2.45, 2.75) is 20.0 Å². The van der Waals surface area contributed by atoms with Gasteiger partial charge in [0.2, 0.25) is 0 Å². The molecule has 0 aromatic rings. The minimum absolute atomic E-state index is 0.0486. The Bertz CT molecular complexity index is 120. The van der Waals surface area contributed by atoms with Gasteiger partial charge in [-0.3, -0.25) is 0 Å². The molecule has 1 heterocycles. The molecule has 1 unspecified atom stereocenters. The highest BCUT2D eigenvalue weighted by Crippen LogP contribution is 2.02. The lowest BCUT2D eigenvalue weighted by atomic mass is 10.5. The first-order valence-corrected chi connectivity index (χ1v) is 3.11. The third-order valence-electron chi connectivity index (χ3n) is 0.733. The lowest BCUT2D eigenvalue weighted by Crippen LogP contribution is -2.01. The van der Waals surface area contributed by atoms with Crippen LogP contribution in [0.1, 0.15) is 13.8 Å². The molecular formula is C7H12O3. The lowest BCUT2D eigenvalue weighted by Gasteiger charge is -1.90. The Morgan fingerprint density at radius 3 is 2.40 bits per heavy atom. The second-order valence-electron chi connectivity index (χ2n) is 1.90. The molecular weight excluding hydrogens is 132 g/mol. The Hall–Kier alpha value is -0.990. The van der Waals surface area contributed by atoms with Crippen LogP contribution in [0.25, 0.3) is 0 Å². The zero-order valence-corrected chi connectivity index (χ0v) is 6.29. The first-order chi connectivity index (χ1) is 4.70. The van der Waals surface area contributed by atoms with Crippen LogP contribution in [0.3, 0.4) is 0 Å². The number of hydrogen-bond donors (Lipinski definition) is 0. The number of carbonyl (C=O) groups is 1. The predicted octanol–water partition coefficient (Wildman–Crippen LogP) is 1.73. The fourth-order valence-electron chi connectivity index (χ4n) is 0.418. The first kappa shape index (κ1) is 9.01. The zero-order chi connectivity index (χ0) is 7.98. The maximum Gasteiger partial charge on any atom is 0.508 e. The third-order valence-corrected chi connectivity index (χ3v) is 0.733. The average Bonchev–Trinajstić information content (AvgIpc) is 2.17. The van der Waals surface area contributed by atoms with Crippen LogP contribution in [-0.4, -0.2) is 18.9 Å². The summed E-state index contributed by atoms with van der Waals surface area (Å²) in [4.78, 5) is 10.0. The van der Waals surface area contributed by atoms with E-state index in [-0.39, 0.29) is 6.10 Å². The minimum Gasteiger partial charge on any atom is -0.430 e. The van der Waals surface area contributed by atoms with Crippen molar-refractivity contribution in [3.63, 3.8) is 0 Å². The van der Waals surface area contributed by atoms with Crippen LogP contribution in [-0.2, 0) is 9.47 Å². The van der Waals surface area contributed by atoms with E-state index in [1.54, 1.807) is 13.0 Å². The van der Waals surface area contributed by atoms with Crippen molar-refractivity contribution >= 4 is 6.16 Å². The average molecular weight is 144 g/mol. The molecule has 0 radical (unpaired) electrons. The molecule has 1 atom stereocenters. The van der Waals surface area contributed by atoms with E-state index in [2.05, 4.69) is 16.1 Å². The van der Waals surface area contributed by atoms with Gasteiger partial charge in [0.25, 0.3) is 0 Å². The maximum absolute atomic E-state index is 10.0. The summed E-state index contributed by atoms with van der Waals surface area (Å²) in [5.74, 6) is 0. The molecule has 0 spiro atoms. The fourth-order valence-corrected chi connectivity index (χ4v) is 0.418. The molecule has 58 valence electrons. The molecule has 0 aromatic carbocycles. The van der Waals surface area contributed by atoms with Crippen molar-refractivity contribution in [3.05, 3.63) is 12.7 Å². The summed E-state index contributed by atoms with van der Waals surface area (Å²) in [5, 5.41) is 0. The Balaban J connectivity index is 0.000000236. The van der Waals surface area contributed by atoms with Crippen LogP contribution < -0.4 is 0 Å². The molecule has 1 aliphatic heterocycles. The van der Waals surface area contributed by atoms with Gasteiger partial charge in [-0.2, -0.15) is 0 Å². The number of carbonyl (C=O) groups excluding carboxylic acids is 1. The fraction of sp³-hybridized carbons (Fsp3) is 0.571. The van der Waals surface area contributed by atoms with Crippen molar-refractivity contribution in [1.82, 2.24) is 0 Å². The molecule has 1 fully saturated rings. The molecule has 0 aromatic heterocycles. The van der Waals surface area contributed by atoms with Crippen molar-refractivity contribution in [2.75, 3.05) is 6.61 Å². The molecule has 3 heteroatoms. The van der Waals surface area contributed by atoms with E-state index in [0.29, 0.717) is 6.61 Å². The summed E-state index contributed by atoms with van der Waals surface area (Å²) < 4.78 is 8.90. The second kappa shape index (κ2) is 4.85. The van der Waals surface area contributed by atoms with Gasteiger partial charge in [0.15, 0.2) is 0 Å². The largest absolute Gasteiger partial charge is 0.508 e. The van der Waals surface area contributed by atoms with E-state index >= 15 is 0 Å². The third kappa shape index (κ3) is 3.95. The van der Waals surface area contributed by atoms with Crippen molar-refractivity contribution < 1.29 is 14.3 Å². The van der Waals surface area contributed by atoms with Gasteiger partial charge in [0.05, 0.1) is 0 Å². The highest BCUT2D eigenvalue weighted by Gasteiger charge is 2.19. The monoisotopic (exact) mass is 144 g/mol. The van der Waals surface area contributed by atoms with E-state index in [0.717, 1.165) is 0 Å². The summed E-state index contributed by atoms with van der Waals surface area (Å²) in [5.41, 5.74) is 0. The topological polar surface area (TPSA) is 35.5 Å². The Morgan fingerprint density at radius 1 is 1.80 bits per heavy atom. The van der Waals surface area contributed by atoms with E-state index in [9.17, 15) is 4.79 Å². The number of ether oxygens (including phenoxy) is 2. The van der Waals surface area contributed by atoms with Gasteiger partial charge >= 0.3 is 6.16 Å². The molecule has 0 aliphatic carbocycles. The quantitative estimate of drug-likeness (QED) is 0.383. The lowest BCUT2D eigenvalue weighted by molar-refractivity contribution is 0.121. The van der Waals surface area contributed by atoms with E-state index < -0.39 is 6.16 Å². The van der Waals surface area contributed by atoms with Gasteiger partial charge in [-0.1, -0.05) is 6.08 Å². The Morgan fingerprint density at radius 2 is 2.30 bits per heavy atom. The molecule has 10 heavy (non-hydrogen) atoms. The number of cyclic esters (lactones) is 2. The SMILES string of the molecule is C=CC.CC1COC(=O)O1. The minimum atomic E-state index is -0.549. The number of rotatable bonds is 0. The summed E-state index contributed by atoms with van der Waals surface area (Å²) in [6.07, 6.45) is 1.15. The Kier molecular flexibility index (Phi) is 4.37. The number of allylic oxidation sites excluding steroid dienone is 1. The van der Waals surface area contributed by atoms with Crippen molar-refractivity contribution in [3.8, 4) is 0 Å². The summed E-state index contributed by atoms with van der Waals surface area (Å²) in [7, 11) is 0. The molecule has 0 amide bonds. The van der Waals surface area contributed by atoms with E-state index in [4.69, 9.17) is 0 Å². The summed E-state index contributed by atoms with van der Waals surface area (Å²) >= 11 is 0. The van der Waals surface area contributed by atoms with Crippen LogP contribution in [0, 0.1) is 0 Å². The summed E-state index contributed by atoms with van der Waals surface area (Å²) in [6.45, 7) is 7.43. The van der Waals surface area contributed by atoms with Gasteiger partial charge in [-0.15, -0.1) is 6.58 Å². The molecule has 1 saturated heterocycles. The van der Waals surface area contributed by atoms with Gasteiger partial charge in [0, 0.05) is 0 Å². The zero-order valence-electron chi connectivity index (χ0n) is 6.29. The molecule has 0 bridgehead atoms. The number of hydrogen-bond acceptors (Lipinski definition) is 3. The van der Waals surface area contributed by atoms with Crippen LogP contribution in [0.4, 0.5) is 4.79 Å². The normalized spacial score (nSPS) is 21.8. The second-order valence-corrected chi connectivity index (χ2v) is 1.90. The van der Waals surface area contributed by atoms with Gasteiger partial charge in [-0.05, 0) is 13.8 Å². The first-order valence-electron chi connectivity index (χ1n) is 3.11. The maximum atomic E-state index is 10.0. The smallest absolute Gasteiger partial charge is 0.430 e. The van der Waals surface area contributed by atoms with Gasteiger partial charge < -0.3 is 9.47 Å². The van der Waals surface area contributed by atoms with Gasteiger partial charge in [0.1, 0.15) is 12.7 Å². The van der Waals surface area contributed by atoms with E-state index in [1.807, 2.05) is 6.92 Å². The van der Waals surface area contributed by atoms with Crippen LogP contribution >= 0.6 is 0 Å². The molecule has 0 saturated carbocycles. The standard InChI is InChI=1S/C4H6O3.C3H6/c1-3-2-6-4(5)7-3;1-3-2/h3H,2H2,1H3;3H,1H2,2H3. The molecule has 1 aliphatic rings. The Labute approximate surface area is 60.6 Å². The highest BCUT2D eigenvalue weighted by atomic mass is 16.8. The highest BCUT2D eigenvalue weighted by molar-refractivity contribution is 5.61. The summed E-state index contributed by atoms with van der Waals surface area (Å²) in [6, 6.07) is 0. The van der Waals surface area contributed by atoms with Crippen LogP contribution in [0.15, 0.2) is 12.7 Å². The van der Waals surface area contributed by atoms with Crippen LogP contribution in [0.2, 0.25) is 0 Å². The molecule has 0 N–H and O–H groups in total. The van der Waals surface area contributed by atoms with E-state index in [1.165, 1.54) is 0 Å². The predicted molar refractivity (Wildman–Crippen MR) is 37.8 cm³/mol. The molecule has 3 nitrogen and oxygen atoms in total.